The van der Waals surface area contributed by atoms with Gasteiger partial charge in [-0.05, 0) is 43.2 Å². The Morgan fingerprint density at radius 3 is 2.64 bits per heavy atom. The molecule has 0 saturated heterocycles. The first-order chi connectivity index (χ1) is 6.90. The second-order valence-electron chi connectivity index (χ2n) is 4.03. The molecule has 0 aliphatic heterocycles. The van der Waals surface area contributed by atoms with Gasteiger partial charge in [0.05, 0.1) is 0 Å². The summed E-state index contributed by atoms with van der Waals surface area (Å²) in [5, 5.41) is 0. The molecule has 0 atom stereocenters. The predicted molar refractivity (Wildman–Crippen MR) is 55.0 cm³/mol. The zero-order valence-electron chi connectivity index (χ0n) is 8.23. The molecule has 1 heterocycles. The van der Waals surface area contributed by atoms with Crippen LogP contribution in [0, 0.1) is 5.92 Å². The van der Waals surface area contributed by atoms with E-state index in [2.05, 4.69) is 11.1 Å². The van der Waals surface area contributed by atoms with Crippen molar-refractivity contribution in [3.05, 3.63) is 30.1 Å². The molecule has 1 fully saturated rings. The van der Waals surface area contributed by atoms with Crippen LogP contribution in [0.15, 0.2) is 24.5 Å². The smallest absolute Gasteiger partial charge is 0.123 e. The predicted octanol–water partition coefficient (Wildman–Crippen LogP) is 2.55. The van der Waals surface area contributed by atoms with Gasteiger partial charge in [0.15, 0.2) is 0 Å². The Balaban J connectivity index is 1.99. The molecule has 0 aromatic carbocycles. The highest BCUT2D eigenvalue weighted by Gasteiger charge is 2.21. The molecule has 1 aliphatic carbocycles. The minimum absolute atomic E-state index is 0.308. The van der Waals surface area contributed by atoms with Gasteiger partial charge in [-0.1, -0.05) is 6.07 Å². The van der Waals surface area contributed by atoms with Crippen LogP contribution in [0.1, 0.15) is 37.2 Å². The van der Waals surface area contributed by atoms with Gasteiger partial charge < -0.3 is 4.79 Å². The lowest BCUT2D eigenvalue weighted by atomic mass is 9.80. The highest BCUT2D eigenvalue weighted by Crippen LogP contribution is 2.34. The van der Waals surface area contributed by atoms with Gasteiger partial charge in [0.1, 0.15) is 6.29 Å². The Kier molecular flexibility index (Phi) is 2.92. The maximum Gasteiger partial charge on any atom is 0.123 e. The van der Waals surface area contributed by atoms with Gasteiger partial charge in [0.2, 0.25) is 0 Å². The van der Waals surface area contributed by atoms with Crippen molar-refractivity contribution < 1.29 is 4.79 Å². The van der Waals surface area contributed by atoms with Crippen LogP contribution in [0.4, 0.5) is 0 Å². The van der Waals surface area contributed by atoms with Gasteiger partial charge in [0.25, 0.3) is 0 Å². The van der Waals surface area contributed by atoms with E-state index in [0.29, 0.717) is 11.8 Å². The van der Waals surface area contributed by atoms with Crippen LogP contribution in [0.3, 0.4) is 0 Å². The molecular formula is C12H15NO. The van der Waals surface area contributed by atoms with Crippen molar-refractivity contribution in [2.45, 2.75) is 31.6 Å². The first-order valence-corrected chi connectivity index (χ1v) is 5.25. The first kappa shape index (κ1) is 9.38. The van der Waals surface area contributed by atoms with Gasteiger partial charge in [-0.25, -0.2) is 0 Å². The summed E-state index contributed by atoms with van der Waals surface area (Å²) in [5.41, 5.74) is 1.33. The molecule has 0 amide bonds. The fourth-order valence-corrected chi connectivity index (χ4v) is 2.21. The maximum atomic E-state index is 10.6. The average Bonchev–Trinajstić information content (AvgIpc) is 2.30. The maximum absolute atomic E-state index is 10.6. The molecule has 0 spiro atoms. The third-order valence-corrected chi connectivity index (χ3v) is 3.12. The van der Waals surface area contributed by atoms with Crippen LogP contribution in [-0.4, -0.2) is 11.3 Å². The van der Waals surface area contributed by atoms with Crippen LogP contribution in [0.25, 0.3) is 0 Å². The summed E-state index contributed by atoms with van der Waals surface area (Å²) in [4.78, 5) is 14.7. The zero-order chi connectivity index (χ0) is 9.80. The van der Waals surface area contributed by atoms with E-state index in [9.17, 15) is 4.79 Å². The fraction of sp³-hybridized carbons (Fsp3) is 0.500. The Morgan fingerprint density at radius 1 is 1.29 bits per heavy atom. The van der Waals surface area contributed by atoms with Crippen LogP contribution in [0.5, 0.6) is 0 Å². The summed E-state index contributed by atoms with van der Waals surface area (Å²) in [6.45, 7) is 0. The number of aldehydes is 1. The van der Waals surface area contributed by atoms with Gasteiger partial charge in [0, 0.05) is 18.3 Å². The Bertz CT molecular complexity index is 288. The Hall–Kier alpha value is -1.18. The topological polar surface area (TPSA) is 30.0 Å². The summed E-state index contributed by atoms with van der Waals surface area (Å²) in [5.74, 6) is 0.933. The highest BCUT2D eigenvalue weighted by atomic mass is 16.1. The van der Waals surface area contributed by atoms with Crippen LogP contribution < -0.4 is 0 Å². The van der Waals surface area contributed by atoms with Gasteiger partial charge in [-0.2, -0.15) is 0 Å². The van der Waals surface area contributed by atoms with E-state index >= 15 is 0 Å². The summed E-state index contributed by atoms with van der Waals surface area (Å²) in [7, 11) is 0. The molecule has 2 heteroatoms. The quantitative estimate of drug-likeness (QED) is 0.669. The van der Waals surface area contributed by atoms with E-state index in [1.54, 1.807) is 6.20 Å². The number of hydrogen-bond donors (Lipinski definition) is 0. The fourth-order valence-electron chi connectivity index (χ4n) is 2.21. The average molecular weight is 189 g/mol. The largest absolute Gasteiger partial charge is 0.303 e. The van der Waals surface area contributed by atoms with Crippen molar-refractivity contribution in [2.24, 2.45) is 5.92 Å². The van der Waals surface area contributed by atoms with Crippen molar-refractivity contribution in [3.8, 4) is 0 Å². The molecule has 1 saturated carbocycles. The number of carbonyl (C=O) groups excluding carboxylic acids is 1. The van der Waals surface area contributed by atoms with Crippen molar-refractivity contribution in [1.29, 1.82) is 0 Å². The minimum atomic E-state index is 0.308. The molecule has 0 N–H and O–H groups in total. The molecule has 1 aromatic rings. The molecule has 2 nitrogen and oxygen atoms in total. The molecule has 14 heavy (non-hydrogen) atoms. The lowest BCUT2D eigenvalue weighted by Crippen LogP contribution is -2.14. The highest BCUT2D eigenvalue weighted by molar-refractivity contribution is 5.53. The van der Waals surface area contributed by atoms with Gasteiger partial charge in [-0.15, -0.1) is 0 Å². The van der Waals surface area contributed by atoms with Crippen molar-refractivity contribution in [1.82, 2.24) is 4.98 Å². The van der Waals surface area contributed by atoms with Gasteiger partial charge in [-0.3, -0.25) is 4.98 Å². The van der Waals surface area contributed by atoms with E-state index in [1.807, 2.05) is 12.3 Å². The van der Waals surface area contributed by atoms with Crippen molar-refractivity contribution >= 4 is 6.29 Å². The molecule has 1 aliphatic rings. The second-order valence-corrected chi connectivity index (χ2v) is 4.03. The third-order valence-electron chi connectivity index (χ3n) is 3.12. The van der Waals surface area contributed by atoms with Crippen LogP contribution in [0.2, 0.25) is 0 Å². The number of aromatic nitrogens is 1. The van der Waals surface area contributed by atoms with Crippen LogP contribution >= 0.6 is 0 Å². The summed E-state index contributed by atoms with van der Waals surface area (Å²) >= 11 is 0. The second kappa shape index (κ2) is 4.36. The number of carbonyl (C=O) groups is 1. The zero-order valence-corrected chi connectivity index (χ0v) is 8.23. The van der Waals surface area contributed by atoms with Crippen LogP contribution in [-0.2, 0) is 4.79 Å². The van der Waals surface area contributed by atoms with Gasteiger partial charge >= 0.3 is 0 Å². The standard InChI is InChI=1S/C12H15NO/c14-9-10-3-5-11(6-4-10)12-2-1-7-13-8-12/h1-2,7-11H,3-6H2. The summed E-state index contributed by atoms with van der Waals surface area (Å²) in [6, 6.07) is 4.13. The molecule has 1 aromatic heterocycles. The lowest BCUT2D eigenvalue weighted by Gasteiger charge is -2.25. The third kappa shape index (κ3) is 2.00. The Morgan fingerprint density at radius 2 is 2.07 bits per heavy atom. The van der Waals surface area contributed by atoms with E-state index in [0.717, 1.165) is 32.0 Å². The van der Waals surface area contributed by atoms with E-state index in [-0.39, 0.29) is 0 Å². The molecule has 0 unspecified atom stereocenters. The molecule has 0 radical (unpaired) electrons. The first-order valence-electron chi connectivity index (χ1n) is 5.25. The summed E-state index contributed by atoms with van der Waals surface area (Å²) < 4.78 is 0. The van der Waals surface area contributed by atoms with E-state index < -0.39 is 0 Å². The van der Waals surface area contributed by atoms with Crippen molar-refractivity contribution in [3.63, 3.8) is 0 Å². The number of hydrogen-bond acceptors (Lipinski definition) is 2. The number of pyridine rings is 1. The molecule has 0 bridgehead atoms. The minimum Gasteiger partial charge on any atom is -0.303 e. The van der Waals surface area contributed by atoms with E-state index in [4.69, 9.17) is 0 Å². The molecular weight excluding hydrogens is 174 g/mol. The number of rotatable bonds is 2. The normalized spacial score (nSPS) is 27.1. The SMILES string of the molecule is O=CC1CCC(c2cccnc2)CC1. The summed E-state index contributed by atoms with van der Waals surface area (Å²) in [6.07, 6.45) is 9.22. The van der Waals surface area contributed by atoms with Crippen molar-refractivity contribution in [2.75, 3.05) is 0 Å². The lowest BCUT2D eigenvalue weighted by molar-refractivity contribution is -0.111. The monoisotopic (exact) mass is 189 g/mol. The van der Waals surface area contributed by atoms with E-state index in [1.165, 1.54) is 5.56 Å². The molecule has 2 rings (SSSR count). The molecule has 74 valence electrons. The Labute approximate surface area is 84.4 Å². The number of nitrogens with zero attached hydrogens (tertiary/aromatic N) is 1.